The zero-order valence-corrected chi connectivity index (χ0v) is 12.2. The summed E-state index contributed by atoms with van der Waals surface area (Å²) in [5, 5.41) is 0.683. The number of halogens is 1. The molecule has 108 valence electrons. The lowest BCUT2D eigenvalue weighted by Crippen LogP contribution is -2.28. The summed E-state index contributed by atoms with van der Waals surface area (Å²) in [7, 11) is 1.64. The van der Waals surface area contributed by atoms with E-state index in [-0.39, 0.29) is 12.1 Å². The minimum Gasteiger partial charge on any atom is -0.382 e. The summed E-state index contributed by atoms with van der Waals surface area (Å²) < 4.78 is 16.0. The summed E-state index contributed by atoms with van der Waals surface area (Å²) in [6.07, 6.45) is -0.176. The maximum Gasteiger partial charge on any atom is 0.0974 e. The molecule has 19 heavy (non-hydrogen) atoms. The summed E-state index contributed by atoms with van der Waals surface area (Å²) in [5.41, 5.74) is 6.94. The van der Waals surface area contributed by atoms with E-state index < -0.39 is 0 Å². The Morgan fingerprint density at radius 2 is 1.95 bits per heavy atom. The lowest BCUT2D eigenvalue weighted by molar-refractivity contribution is -0.0141. The van der Waals surface area contributed by atoms with Gasteiger partial charge in [0.15, 0.2) is 0 Å². The molecule has 0 bridgehead atoms. The number of hydrogen-bond acceptors (Lipinski definition) is 4. The van der Waals surface area contributed by atoms with E-state index in [0.29, 0.717) is 31.5 Å². The van der Waals surface area contributed by atoms with Crippen molar-refractivity contribution in [3.8, 4) is 0 Å². The third kappa shape index (κ3) is 6.36. The van der Waals surface area contributed by atoms with E-state index in [9.17, 15) is 0 Å². The van der Waals surface area contributed by atoms with Gasteiger partial charge in [-0.25, -0.2) is 0 Å². The summed E-state index contributed by atoms with van der Waals surface area (Å²) in [4.78, 5) is 0. The maximum absolute atomic E-state index is 5.98. The molecular formula is C14H22ClNO3. The topological polar surface area (TPSA) is 53.7 Å². The minimum absolute atomic E-state index is 0.113. The highest BCUT2D eigenvalue weighted by Gasteiger charge is 2.16. The van der Waals surface area contributed by atoms with Crippen LogP contribution in [-0.4, -0.2) is 39.6 Å². The van der Waals surface area contributed by atoms with Crippen molar-refractivity contribution in [2.45, 2.75) is 19.1 Å². The van der Waals surface area contributed by atoms with Crippen LogP contribution in [0.2, 0.25) is 5.02 Å². The monoisotopic (exact) mass is 287 g/mol. The Morgan fingerprint density at radius 1 is 1.21 bits per heavy atom. The van der Waals surface area contributed by atoms with Gasteiger partial charge in [-0.05, 0) is 24.6 Å². The van der Waals surface area contributed by atoms with E-state index in [1.807, 2.05) is 31.2 Å². The van der Waals surface area contributed by atoms with E-state index in [0.717, 1.165) is 5.56 Å². The van der Waals surface area contributed by atoms with E-state index in [1.54, 1.807) is 7.11 Å². The van der Waals surface area contributed by atoms with Gasteiger partial charge in [0, 0.05) is 18.2 Å². The molecule has 4 nitrogen and oxygen atoms in total. The number of ether oxygens (including phenoxy) is 3. The van der Waals surface area contributed by atoms with Crippen molar-refractivity contribution >= 4 is 11.6 Å². The van der Waals surface area contributed by atoms with Gasteiger partial charge in [0.2, 0.25) is 0 Å². The molecule has 0 saturated heterocycles. The van der Waals surface area contributed by atoms with E-state index in [2.05, 4.69) is 0 Å². The standard InChI is InChI=1S/C14H22ClNO3/c1-11(16)14(12-4-3-5-13(15)10-12)19-9-8-18-7-6-17-2/h3-5,10-11,14H,6-9,16H2,1-2H3. The van der Waals surface area contributed by atoms with Gasteiger partial charge in [0.05, 0.1) is 32.5 Å². The Kier molecular flexibility index (Phi) is 8.02. The van der Waals surface area contributed by atoms with Crippen LogP contribution < -0.4 is 5.73 Å². The smallest absolute Gasteiger partial charge is 0.0974 e. The summed E-state index contributed by atoms with van der Waals surface area (Å²) >= 11 is 5.98. The fourth-order valence-corrected chi connectivity index (χ4v) is 1.91. The molecule has 0 aromatic heterocycles. The van der Waals surface area contributed by atoms with Crippen LogP contribution in [-0.2, 0) is 14.2 Å². The van der Waals surface area contributed by atoms with Crippen LogP contribution >= 0.6 is 11.6 Å². The third-order valence-corrected chi connectivity index (χ3v) is 2.85. The van der Waals surface area contributed by atoms with Gasteiger partial charge < -0.3 is 19.9 Å². The van der Waals surface area contributed by atoms with Gasteiger partial charge in [0.25, 0.3) is 0 Å². The van der Waals surface area contributed by atoms with Gasteiger partial charge in [0.1, 0.15) is 0 Å². The SMILES string of the molecule is COCCOCCOC(c1cccc(Cl)c1)C(C)N. The number of nitrogens with two attached hydrogens (primary N) is 1. The van der Waals surface area contributed by atoms with Crippen molar-refractivity contribution in [2.24, 2.45) is 5.73 Å². The van der Waals surface area contributed by atoms with E-state index >= 15 is 0 Å². The molecule has 0 amide bonds. The van der Waals surface area contributed by atoms with Crippen molar-refractivity contribution in [2.75, 3.05) is 33.5 Å². The minimum atomic E-state index is -0.176. The number of hydrogen-bond donors (Lipinski definition) is 1. The number of benzene rings is 1. The Bertz CT molecular complexity index is 360. The Labute approximate surface area is 119 Å². The Balaban J connectivity index is 2.41. The van der Waals surface area contributed by atoms with Gasteiger partial charge >= 0.3 is 0 Å². The van der Waals surface area contributed by atoms with Crippen molar-refractivity contribution in [3.05, 3.63) is 34.9 Å². The predicted molar refractivity (Wildman–Crippen MR) is 76.5 cm³/mol. The van der Waals surface area contributed by atoms with Gasteiger partial charge in [-0.15, -0.1) is 0 Å². The van der Waals surface area contributed by atoms with E-state index in [1.165, 1.54) is 0 Å². The van der Waals surface area contributed by atoms with Crippen LogP contribution in [0.4, 0.5) is 0 Å². The van der Waals surface area contributed by atoms with Crippen molar-refractivity contribution in [1.82, 2.24) is 0 Å². The fraction of sp³-hybridized carbons (Fsp3) is 0.571. The molecule has 0 saturated carbocycles. The molecule has 1 aromatic carbocycles. The molecule has 0 aliphatic carbocycles. The average molecular weight is 288 g/mol. The normalized spacial score (nSPS) is 14.3. The van der Waals surface area contributed by atoms with Crippen molar-refractivity contribution < 1.29 is 14.2 Å². The molecule has 0 radical (unpaired) electrons. The van der Waals surface area contributed by atoms with Crippen LogP contribution in [0.1, 0.15) is 18.6 Å². The Hall–Kier alpha value is -0.650. The zero-order valence-electron chi connectivity index (χ0n) is 11.5. The van der Waals surface area contributed by atoms with Crippen LogP contribution in [0.25, 0.3) is 0 Å². The molecule has 1 aromatic rings. The molecule has 2 N–H and O–H groups in total. The average Bonchev–Trinajstić information content (AvgIpc) is 2.37. The molecule has 2 atom stereocenters. The molecule has 0 aliphatic heterocycles. The van der Waals surface area contributed by atoms with Crippen LogP contribution in [0.5, 0.6) is 0 Å². The molecule has 5 heteroatoms. The zero-order chi connectivity index (χ0) is 14.1. The molecular weight excluding hydrogens is 266 g/mol. The second-order valence-corrected chi connectivity index (χ2v) is 4.75. The lowest BCUT2D eigenvalue weighted by Gasteiger charge is -2.22. The highest BCUT2D eigenvalue weighted by molar-refractivity contribution is 6.30. The molecule has 0 fully saturated rings. The first-order valence-electron chi connectivity index (χ1n) is 6.34. The number of rotatable bonds is 9. The van der Waals surface area contributed by atoms with Gasteiger partial charge in [-0.2, -0.15) is 0 Å². The summed E-state index contributed by atoms with van der Waals surface area (Å²) in [5.74, 6) is 0. The van der Waals surface area contributed by atoms with Crippen molar-refractivity contribution in [1.29, 1.82) is 0 Å². The van der Waals surface area contributed by atoms with Crippen LogP contribution in [0.3, 0.4) is 0 Å². The molecule has 1 rings (SSSR count). The maximum atomic E-state index is 5.98. The Morgan fingerprint density at radius 3 is 2.58 bits per heavy atom. The van der Waals surface area contributed by atoms with Gasteiger partial charge in [-0.1, -0.05) is 23.7 Å². The number of methoxy groups -OCH3 is 1. The van der Waals surface area contributed by atoms with Crippen LogP contribution in [0.15, 0.2) is 24.3 Å². The molecule has 2 unspecified atom stereocenters. The first-order chi connectivity index (χ1) is 9.15. The summed E-state index contributed by atoms with van der Waals surface area (Å²) in [6.45, 7) is 4.08. The van der Waals surface area contributed by atoms with Crippen molar-refractivity contribution in [3.63, 3.8) is 0 Å². The fourth-order valence-electron chi connectivity index (χ4n) is 1.71. The highest BCUT2D eigenvalue weighted by atomic mass is 35.5. The van der Waals surface area contributed by atoms with Gasteiger partial charge in [-0.3, -0.25) is 0 Å². The lowest BCUT2D eigenvalue weighted by atomic mass is 10.0. The van der Waals surface area contributed by atoms with Crippen LogP contribution in [0, 0.1) is 0 Å². The predicted octanol–water partition coefficient (Wildman–Crippen LogP) is 2.41. The highest BCUT2D eigenvalue weighted by Crippen LogP contribution is 2.23. The van der Waals surface area contributed by atoms with E-state index in [4.69, 9.17) is 31.5 Å². The second kappa shape index (κ2) is 9.28. The summed E-state index contributed by atoms with van der Waals surface area (Å²) in [6, 6.07) is 7.45. The molecule has 0 spiro atoms. The molecule has 0 aliphatic rings. The third-order valence-electron chi connectivity index (χ3n) is 2.61. The second-order valence-electron chi connectivity index (χ2n) is 4.31. The first kappa shape index (κ1) is 16.4. The largest absolute Gasteiger partial charge is 0.382 e. The first-order valence-corrected chi connectivity index (χ1v) is 6.72. The molecule has 0 heterocycles. The quantitative estimate of drug-likeness (QED) is 0.709.